The van der Waals surface area contributed by atoms with Crippen molar-refractivity contribution < 1.29 is 19.1 Å². The van der Waals surface area contributed by atoms with Gasteiger partial charge in [0.25, 0.3) is 5.91 Å². The van der Waals surface area contributed by atoms with Gasteiger partial charge in [-0.1, -0.05) is 35.4 Å². The monoisotopic (exact) mass is 401 g/mol. The lowest BCUT2D eigenvalue weighted by molar-refractivity contribution is -0.153. The Labute approximate surface area is 170 Å². The fourth-order valence-corrected chi connectivity index (χ4v) is 2.83. The number of ketones is 1. The van der Waals surface area contributed by atoms with Crippen LogP contribution in [0.5, 0.6) is 0 Å². The van der Waals surface area contributed by atoms with E-state index in [1.807, 2.05) is 39.0 Å². The van der Waals surface area contributed by atoms with Gasteiger partial charge >= 0.3 is 5.97 Å². The van der Waals surface area contributed by atoms with Gasteiger partial charge in [-0.25, -0.2) is 0 Å². The first-order chi connectivity index (χ1) is 13.2. The van der Waals surface area contributed by atoms with Crippen LogP contribution in [0.25, 0.3) is 0 Å². The molecule has 5 nitrogen and oxygen atoms in total. The average Bonchev–Trinajstić information content (AvgIpc) is 2.64. The molecule has 0 unspecified atom stereocenters. The minimum Gasteiger partial charge on any atom is -0.453 e. The number of rotatable bonds is 7. The van der Waals surface area contributed by atoms with Crippen LogP contribution >= 0.6 is 11.6 Å². The van der Waals surface area contributed by atoms with Crippen LogP contribution in [-0.2, 0) is 14.3 Å². The van der Waals surface area contributed by atoms with Crippen molar-refractivity contribution in [3.63, 3.8) is 0 Å². The van der Waals surface area contributed by atoms with E-state index in [2.05, 4.69) is 5.32 Å². The van der Waals surface area contributed by atoms with Gasteiger partial charge in [0.05, 0.1) is 6.42 Å². The number of nitrogens with one attached hydrogen (secondary N) is 1. The van der Waals surface area contributed by atoms with Crippen LogP contribution < -0.4 is 5.32 Å². The molecule has 0 saturated heterocycles. The fourth-order valence-electron chi connectivity index (χ4n) is 2.66. The second-order valence-corrected chi connectivity index (χ2v) is 7.26. The molecule has 2 aromatic carbocycles. The van der Waals surface area contributed by atoms with E-state index in [4.69, 9.17) is 16.3 Å². The minimum atomic E-state index is -0.985. The van der Waals surface area contributed by atoms with Crippen molar-refractivity contribution in [1.82, 2.24) is 0 Å². The third kappa shape index (κ3) is 5.92. The Balaban J connectivity index is 1.88. The zero-order chi connectivity index (χ0) is 20.8. The highest BCUT2D eigenvalue weighted by Crippen LogP contribution is 2.20. The molecule has 2 rings (SSSR count). The highest BCUT2D eigenvalue weighted by atomic mass is 35.5. The maximum Gasteiger partial charge on any atom is 0.307 e. The summed E-state index contributed by atoms with van der Waals surface area (Å²) < 4.78 is 5.16. The lowest BCUT2D eigenvalue weighted by atomic mass is 9.99. The van der Waals surface area contributed by atoms with E-state index < -0.39 is 18.0 Å². The van der Waals surface area contributed by atoms with E-state index in [9.17, 15) is 14.4 Å². The van der Waals surface area contributed by atoms with Gasteiger partial charge in [0.2, 0.25) is 0 Å². The van der Waals surface area contributed by atoms with Gasteiger partial charge in [-0.3, -0.25) is 14.4 Å². The molecule has 1 N–H and O–H groups in total. The van der Waals surface area contributed by atoms with Crippen molar-refractivity contribution in [2.45, 2.75) is 46.6 Å². The molecule has 0 saturated carbocycles. The molecule has 0 heterocycles. The van der Waals surface area contributed by atoms with E-state index in [0.29, 0.717) is 16.3 Å². The molecule has 0 aromatic heterocycles. The van der Waals surface area contributed by atoms with Crippen molar-refractivity contribution in [1.29, 1.82) is 0 Å². The Morgan fingerprint density at radius 1 is 1.00 bits per heavy atom. The number of amides is 1. The zero-order valence-electron chi connectivity index (χ0n) is 16.5. The largest absolute Gasteiger partial charge is 0.453 e. The average molecular weight is 402 g/mol. The standard InChI is InChI=1S/C22H24ClNO4/c1-13-5-6-14(2)18(11-13)20(25)9-10-21(26)28-16(4)22(27)24-19-12-17(23)8-7-15(19)3/h5-8,11-12,16H,9-10H2,1-4H3,(H,24,27)/t16-/m1/s1. The molecule has 0 fully saturated rings. The summed E-state index contributed by atoms with van der Waals surface area (Å²) in [5.41, 5.74) is 3.86. The quantitative estimate of drug-likeness (QED) is 0.534. The third-order valence-corrected chi connectivity index (χ3v) is 4.62. The first-order valence-electron chi connectivity index (χ1n) is 9.04. The van der Waals surface area contributed by atoms with Crippen molar-refractivity contribution in [3.05, 3.63) is 63.7 Å². The van der Waals surface area contributed by atoms with E-state index in [1.54, 1.807) is 18.2 Å². The molecule has 0 aliphatic carbocycles. The molecule has 148 valence electrons. The SMILES string of the molecule is Cc1ccc(C)c(C(=O)CCC(=O)O[C@H](C)C(=O)Nc2cc(Cl)ccc2C)c1. The van der Waals surface area contributed by atoms with Crippen molar-refractivity contribution in [3.8, 4) is 0 Å². The topological polar surface area (TPSA) is 72.5 Å². The van der Waals surface area contributed by atoms with E-state index >= 15 is 0 Å². The van der Waals surface area contributed by atoms with Gasteiger partial charge in [0, 0.05) is 22.7 Å². The van der Waals surface area contributed by atoms with Gasteiger partial charge in [-0.05, 0) is 57.0 Å². The van der Waals surface area contributed by atoms with Gasteiger partial charge in [-0.2, -0.15) is 0 Å². The highest BCUT2D eigenvalue weighted by Gasteiger charge is 2.20. The number of carbonyl (C=O) groups is 3. The number of benzene rings is 2. The summed E-state index contributed by atoms with van der Waals surface area (Å²) in [6.07, 6.45) is -1.04. The molecule has 0 bridgehead atoms. The van der Waals surface area contributed by atoms with Crippen molar-refractivity contribution in [2.24, 2.45) is 0 Å². The van der Waals surface area contributed by atoms with Gasteiger partial charge in [0.1, 0.15) is 0 Å². The number of ether oxygens (including phenoxy) is 1. The molecule has 0 aliphatic heterocycles. The second kappa shape index (κ2) is 9.51. The second-order valence-electron chi connectivity index (χ2n) is 6.82. The Kier molecular flexibility index (Phi) is 7.35. The smallest absolute Gasteiger partial charge is 0.307 e. The predicted molar refractivity (Wildman–Crippen MR) is 110 cm³/mol. The number of hydrogen-bond acceptors (Lipinski definition) is 4. The van der Waals surface area contributed by atoms with Crippen molar-refractivity contribution >= 4 is 34.9 Å². The first-order valence-corrected chi connectivity index (χ1v) is 9.42. The highest BCUT2D eigenvalue weighted by molar-refractivity contribution is 6.31. The van der Waals surface area contributed by atoms with Crippen LogP contribution in [0.2, 0.25) is 5.02 Å². The lowest BCUT2D eigenvalue weighted by Gasteiger charge is -2.15. The molecule has 0 spiro atoms. The normalized spacial score (nSPS) is 11.6. The van der Waals surface area contributed by atoms with Crippen LogP contribution in [0.3, 0.4) is 0 Å². The molecule has 0 radical (unpaired) electrons. The number of esters is 1. The zero-order valence-corrected chi connectivity index (χ0v) is 17.2. The summed E-state index contributed by atoms with van der Waals surface area (Å²) in [5, 5.41) is 3.19. The summed E-state index contributed by atoms with van der Waals surface area (Å²) in [6, 6.07) is 10.8. The molecular formula is C22H24ClNO4. The maximum atomic E-state index is 12.4. The maximum absolute atomic E-state index is 12.4. The molecular weight excluding hydrogens is 378 g/mol. The first kappa shape index (κ1) is 21.6. The molecule has 2 aromatic rings. The van der Waals surface area contributed by atoms with Gasteiger partial charge < -0.3 is 10.1 Å². The summed E-state index contributed by atoms with van der Waals surface area (Å²) in [7, 11) is 0. The number of hydrogen-bond donors (Lipinski definition) is 1. The molecule has 6 heteroatoms. The number of anilines is 1. The molecule has 28 heavy (non-hydrogen) atoms. The molecule has 0 aliphatic rings. The van der Waals surface area contributed by atoms with E-state index in [1.165, 1.54) is 6.92 Å². The Morgan fingerprint density at radius 2 is 1.68 bits per heavy atom. The van der Waals surface area contributed by atoms with E-state index in [-0.39, 0.29) is 18.6 Å². The molecule has 1 atom stereocenters. The Morgan fingerprint density at radius 3 is 2.39 bits per heavy atom. The third-order valence-electron chi connectivity index (χ3n) is 4.38. The lowest BCUT2D eigenvalue weighted by Crippen LogP contribution is -2.30. The van der Waals surface area contributed by atoms with Crippen LogP contribution in [0.4, 0.5) is 5.69 Å². The van der Waals surface area contributed by atoms with Crippen molar-refractivity contribution in [2.75, 3.05) is 5.32 Å². The summed E-state index contributed by atoms with van der Waals surface area (Å²) in [6.45, 7) is 7.09. The fraction of sp³-hybridized carbons (Fsp3) is 0.318. The van der Waals surface area contributed by atoms with Gasteiger partial charge in [0.15, 0.2) is 11.9 Å². The van der Waals surface area contributed by atoms with Crippen LogP contribution in [0, 0.1) is 20.8 Å². The summed E-state index contributed by atoms with van der Waals surface area (Å²) in [5.74, 6) is -1.17. The predicted octanol–water partition coefficient (Wildman–Crippen LogP) is 4.80. The summed E-state index contributed by atoms with van der Waals surface area (Å²) >= 11 is 5.94. The van der Waals surface area contributed by atoms with E-state index in [0.717, 1.165) is 16.7 Å². The van der Waals surface area contributed by atoms with Crippen LogP contribution in [-0.4, -0.2) is 23.8 Å². The Hall–Kier alpha value is -2.66. The number of Topliss-reactive ketones (excluding diaryl/α,β-unsaturated/α-hetero) is 1. The van der Waals surface area contributed by atoms with Crippen LogP contribution in [0.1, 0.15) is 46.8 Å². The van der Waals surface area contributed by atoms with Gasteiger partial charge in [-0.15, -0.1) is 0 Å². The Bertz CT molecular complexity index is 907. The number of aryl methyl sites for hydroxylation is 3. The minimum absolute atomic E-state index is 0.0326. The number of carbonyl (C=O) groups excluding carboxylic acids is 3. The summed E-state index contributed by atoms with van der Waals surface area (Å²) in [4.78, 5) is 36.7. The van der Waals surface area contributed by atoms with Crippen LogP contribution in [0.15, 0.2) is 36.4 Å². The molecule has 1 amide bonds. The number of halogens is 1.